The molecule has 15 heavy (non-hydrogen) atoms. The van der Waals surface area contributed by atoms with E-state index < -0.39 is 16.4 Å². The number of rotatable bonds is 4. The normalized spacial score (nSPS) is 10.1. The van der Waals surface area contributed by atoms with E-state index >= 15 is 0 Å². The van der Waals surface area contributed by atoms with Gasteiger partial charge >= 0.3 is 5.69 Å². The Morgan fingerprint density at radius 1 is 1.40 bits per heavy atom. The molecule has 0 aromatic heterocycles. The van der Waals surface area contributed by atoms with Crippen LogP contribution in [0, 0.1) is 15.9 Å². The summed E-state index contributed by atoms with van der Waals surface area (Å²) in [6.45, 7) is 5.36. The zero-order valence-corrected chi connectivity index (χ0v) is 8.74. The van der Waals surface area contributed by atoms with Gasteiger partial charge in [0.15, 0.2) is 0 Å². The van der Waals surface area contributed by atoms with Gasteiger partial charge in [0.1, 0.15) is 0 Å². The molecule has 0 unspecified atom stereocenters. The fraction of sp³-hybridized carbons (Fsp3) is 0.400. The van der Waals surface area contributed by atoms with Crippen molar-refractivity contribution in [1.29, 1.82) is 0 Å². The number of nitrogens with zero attached hydrogens (tertiary/aromatic N) is 2. The molecule has 0 saturated heterocycles. The molecule has 0 aliphatic carbocycles. The van der Waals surface area contributed by atoms with Gasteiger partial charge in [-0.15, -0.1) is 0 Å². The van der Waals surface area contributed by atoms with E-state index in [9.17, 15) is 14.5 Å². The lowest BCUT2D eigenvalue weighted by Gasteiger charge is -2.20. The molecule has 0 bridgehead atoms. The number of nitro groups is 1. The highest BCUT2D eigenvalue weighted by atomic mass is 19.1. The van der Waals surface area contributed by atoms with E-state index in [0.717, 1.165) is 19.2 Å². The average Bonchev–Trinajstić information content (AvgIpc) is 2.21. The van der Waals surface area contributed by atoms with Crippen LogP contribution in [0.1, 0.15) is 13.8 Å². The fourth-order valence-electron chi connectivity index (χ4n) is 1.43. The lowest BCUT2D eigenvalue weighted by molar-refractivity contribution is -0.387. The van der Waals surface area contributed by atoms with Crippen LogP contribution in [-0.4, -0.2) is 18.0 Å². The first-order chi connectivity index (χ1) is 7.10. The van der Waals surface area contributed by atoms with Crippen molar-refractivity contribution in [3.05, 3.63) is 34.1 Å². The van der Waals surface area contributed by atoms with Crippen LogP contribution in [0.2, 0.25) is 0 Å². The molecule has 0 aliphatic rings. The van der Waals surface area contributed by atoms with Gasteiger partial charge in [-0.1, -0.05) is 0 Å². The third-order valence-electron chi connectivity index (χ3n) is 2.26. The number of anilines is 1. The second-order valence-electron chi connectivity index (χ2n) is 3.07. The molecule has 4 nitrogen and oxygen atoms in total. The third-order valence-corrected chi connectivity index (χ3v) is 2.26. The second-order valence-corrected chi connectivity index (χ2v) is 3.07. The summed E-state index contributed by atoms with van der Waals surface area (Å²) in [6.07, 6.45) is 0. The lowest BCUT2D eigenvalue weighted by Crippen LogP contribution is -2.21. The van der Waals surface area contributed by atoms with Crippen molar-refractivity contribution in [2.45, 2.75) is 13.8 Å². The van der Waals surface area contributed by atoms with Crippen molar-refractivity contribution in [3.63, 3.8) is 0 Å². The Morgan fingerprint density at radius 2 is 2.00 bits per heavy atom. The summed E-state index contributed by atoms with van der Waals surface area (Å²) in [5.41, 5.74) is 0.201. The zero-order valence-electron chi connectivity index (χ0n) is 8.74. The molecular weight excluding hydrogens is 199 g/mol. The van der Waals surface area contributed by atoms with Gasteiger partial charge in [-0.25, -0.2) is 0 Å². The summed E-state index contributed by atoms with van der Waals surface area (Å²) >= 11 is 0. The number of nitro benzene ring substituents is 1. The van der Waals surface area contributed by atoms with Gasteiger partial charge in [0.05, 0.1) is 4.92 Å². The lowest BCUT2D eigenvalue weighted by atomic mass is 10.2. The molecule has 0 amide bonds. The van der Waals surface area contributed by atoms with Crippen molar-refractivity contribution in [2.24, 2.45) is 0 Å². The maximum Gasteiger partial charge on any atom is 0.306 e. The van der Waals surface area contributed by atoms with Crippen molar-refractivity contribution in [1.82, 2.24) is 0 Å². The molecular formula is C10H13FN2O2. The molecule has 1 aromatic carbocycles. The van der Waals surface area contributed by atoms with Gasteiger partial charge in [0.25, 0.3) is 0 Å². The second kappa shape index (κ2) is 4.72. The summed E-state index contributed by atoms with van der Waals surface area (Å²) in [4.78, 5) is 11.7. The minimum absolute atomic E-state index is 0.473. The van der Waals surface area contributed by atoms with Gasteiger partial charge < -0.3 is 4.90 Å². The van der Waals surface area contributed by atoms with Gasteiger partial charge in [0, 0.05) is 24.8 Å². The maximum atomic E-state index is 13.0. The van der Waals surface area contributed by atoms with E-state index in [1.54, 1.807) is 6.07 Å². The molecule has 0 atom stereocenters. The summed E-state index contributed by atoms with van der Waals surface area (Å²) < 4.78 is 13.0. The number of hydrogen-bond donors (Lipinski definition) is 0. The highest BCUT2D eigenvalue weighted by molar-refractivity contribution is 5.53. The highest BCUT2D eigenvalue weighted by Crippen LogP contribution is 2.24. The predicted octanol–water partition coefficient (Wildman–Crippen LogP) is 2.58. The Morgan fingerprint density at radius 3 is 2.47 bits per heavy atom. The number of halogens is 1. The molecule has 0 radical (unpaired) electrons. The third kappa shape index (κ3) is 2.43. The Bertz CT molecular complexity index is 364. The van der Waals surface area contributed by atoms with E-state index in [2.05, 4.69) is 0 Å². The minimum atomic E-state index is -0.795. The molecule has 1 aromatic rings. The van der Waals surface area contributed by atoms with Gasteiger partial charge in [-0.2, -0.15) is 4.39 Å². The predicted molar refractivity (Wildman–Crippen MR) is 56.6 cm³/mol. The highest BCUT2D eigenvalue weighted by Gasteiger charge is 2.15. The first-order valence-electron chi connectivity index (χ1n) is 4.79. The van der Waals surface area contributed by atoms with Crippen LogP contribution < -0.4 is 4.90 Å². The SMILES string of the molecule is CCN(CC)c1ccc(F)c([N+](=O)[O-])c1. The molecule has 0 heterocycles. The molecule has 0 spiro atoms. The quantitative estimate of drug-likeness (QED) is 0.569. The van der Waals surface area contributed by atoms with E-state index in [1.165, 1.54) is 6.07 Å². The summed E-state index contributed by atoms with van der Waals surface area (Å²) in [5, 5.41) is 10.5. The van der Waals surface area contributed by atoms with Crippen molar-refractivity contribution in [3.8, 4) is 0 Å². The molecule has 82 valence electrons. The summed E-state index contributed by atoms with van der Waals surface area (Å²) in [6, 6.07) is 3.95. The monoisotopic (exact) mass is 212 g/mol. The first kappa shape index (κ1) is 11.4. The van der Waals surface area contributed by atoms with E-state index in [1.807, 2.05) is 18.7 Å². The van der Waals surface area contributed by atoms with E-state index in [4.69, 9.17) is 0 Å². The van der Waals surface area contributed by atoms with Crippen molar-refractivity contribution < 1.29 is 9.31 Å². The summed E-state index contributed by atoms with van der Waals surface area (Å²) in [5.74, 6) is -0.795. The first-order valence-corrected chi connectivity index (χ1v) is 4.79. The standard InChI is InChI=1S/C10H13FN2O2/c1-3-12(4-2)8-5-6-9(11)10(7-8)13(14)15/h5-7H,3-4H2,1-2H3. The van der Waals surface area contributed by atoms with Crippen LogP contribution in [0.4, 0.5) is 15.8 Å². The maximum absolute atomic E-state index is 13.0. The Kier molecular flexibility index (Phi) is 3.60. The number of hydrogen-bond acceptors (Lipinski definition) is 3. The van der Waals surface area contributed by atoms with Crippen molar-refractivity contribution in [2.75, 3.05) is 18.0 Å². The topological polar surface area (TPSA) is 46.4 Å². The van der Waals surface area contributed by atoms with E-state index in [-0.39, 0.29) is 0 Å². The Labute approximate surface area is 87.5 Å². The Hall–Kier alpha value is -1.65. The van der Waals surface area contributed by atoms with Crippen LogP contribution in [0.15, 0.2) is 18.2 Å². The largest absolute Gasteiger partial charge is 0.372 e. The summed E-state index contributed by atoms with van der Waals surface area (Å²) in [7, 11) is 0. The van der Waals surface area contributed by atoms with Crippen LogP contribution in [0.5, 0.6) is 0 Å². The van der Waals surface area contributed by atoms with Crippen LogP contribution in [0.3, 0.4) is 0 Å². The van der Waals surface area contributed by atoms with Crippen LogP contribution in [-0.2, 0) is 0 Å². The smallest absolute Gasteiger partial charge is 0.306 e. The average molecular weight is 212 g/mol. The molecule has 0 fully saturated rings. The van der Waals surface area contributed by atoms with E-state index in [0.29, 0.717) is 5.69 Å². The Balaban J connectivity index is 3.11. The molecule has 0 aliphatic heterocycles. The van der Waals surface area contributed by atoms with Crippen molar-refractivity contribution >= 4 is 11.4 Å². The minimum Gasteiger partial charge on any atom is -0.372 e. The van der Waals surface area contributed by atoms with Crippen LogP contribution >= 0.6 is 0 Å². The van der Waals surface area contributed by atoms with Crippen LogP contribution in [0.25, 0.3) is 0 Å². The van der Waals surface area contributed by atoms with Gasteiger partial charge in [-0.05, 0) is 26.0 Å². The van der Waals surface area contributed by atoms with Gasteiger partial charge in [-0.3, -0.25) is 10.1 Å². The fourth-order valence-corrected chi connectivity index (χ4v) is 1.43. The zero-order chi connectivity index (χ0) is 11.4. The number of benzene rings is 1. The molecule has 1 rings (SSSR count). The van der Waals surface area contributed by atoms with Gasteiger partial charge in [0.2, 0.25) is 5.82 Å². The molecule has 0 saturated carbocycles. The molecule has 5 heteroatoms. The molecule has 0 N–H and O–H groups in total.